The Hall–Kier alpha value is -1.76. The van der Waals surface area contributed by atoms with Gasteiger partial charge < -0.3 is 5.11 Å². The van der Waals surface area contributed by atoms with Crippen LogP contribution in [0.15, 0.2) is 18.2 Å². The molecule has 0 heterocycles. The highest BCUT2D eigenvalue weighted by Gasteiger charge is 2.46. The van der Waals surface area contributed by atoms with Gasteiger partial charge in [0.1, 0.15) is 5.56 Å². The first-order chi connectivity index (χ1) is 7.26. The van der Waals surface area contributed by atoms with Crippen LogP contribution < -0.4 is 0 Å². The summed E-state index contributed by atoms with van der Waals surface area (Å²) < 4.78 is 26.2. The zero-order chi connectivity index (χ0) is 12.5. The minimum absolute atomic E-state index is 0.207. The maximum Gasteiger partial charge on any atom is 0.379 e. The number of nitro groups is 1. The highest BCUT2D eigenvalue weighted by Crippen LogP contribution is 2.36. The van der Waals surface area contributed by atoms with Gasteiger partial charge in [0.2, 0.25) is 0 Å². The standard InChI is InChI=1S/C8H4ClF2NO4/c9-4-1-2-6(12(15)16)5(3-4)8(10,11)7(13)14/h1-3H,(H,13,14). The van der Waals surface area contributed by atoms with Gasteiger partial charge in [-0.2, -0.15) is 8.78 Å². The summed E-state index contributed by atoms with van der Waals surface area (Å²) in [5.74, 6) is -6.83. The van der Waals surface area contributed by atoms with Gasteiger partial charge in [-0.1, -0.05) is 11.6 Å². The first kappa shape index (κ1) is 12.3. The summed E-state index contributed by atoms with van der Waals surface area (Å²) in [6.07, 6.45) is 0. The van der Waals surface area contributed by atoms with E-state index in [0.717, 1.165) is 12.1 Å². The average Bonchev–Trinajstić information content (AvgIpc) is 2.16. The van der Waals surface area contributed by atoms with Crippen LogP contribution in [0.3, 0.4) is 0 Å². The normalized spacial score (nSPS) is 11.2. The monoisotopic (exact) mass is 251 g/mol. The quantitative estimate of drug-likeness (QED) is 0.661. The lowest BCUT2D eigenvalue weighted by Gasteiger charge is -2.11. The Labute approximate surface area is 92.4 Å². The summed E-state index contributed by atoms with van der Waals surface area (Å²) >= 11 is 5.38. The van der Waals surface area contributed by atoms with E-state index in [2.05, 4.69) is 0 Å². The van der Waals surface area contributed by atoms with Gasteiger partial charge in [0, 0.05) is 11.1 Å². The lowest BCUT2D eigenvalue weighted by atomic mass is 10.1. The maximum atomic E-state index is 13.1. The van der Waals surface area contributed by atoms with E-state index >= 15 is 0 Å². The van der Waals surface area contributed by atoms with Gasteiger partial charge in [0.15, 0.2) is 0 Å². The molecule has 0 amide bonds. The number of carboxylic acids is 1. The Balaban J connectivity index is 3.47. The van der Waals surface area contributed by atoms with Crippen LogP contribution >= 0.6 is 11.6 Å². The molecule has 0 aromatic heterocycles. The van der Waals surface area contributed by atoms with Crippen molar-refractivity contribution in [3.8, 4) is 0 Å². The van der Waals surface area contributed by atoms with E-state index in [1.54, 1.807) is 0 Å². The second-order valence-electron chi connectivity index (χ2n) is 2.80. The van der Waals surface area contributed by atoms with Crippen LogP contribution in [0.4, 0.5) is 14.5 Å². The molecule has 5 nitrogen and oxygen atoms in total. The van der Waals surface area contributed by atoms with Gasteiger partial charge in [-0.05, 0) is 12.1 Å². The second kappa shape index (κ2) is 4.01. The predicted molar refractivity (Wildman–Crippen MR) is 49.6 cm³/mol. The van der Waals surface area contributed by atoms with Gasteiger partial charge in [0.05, 0.1) is 4.92 Å². The first-order valence-corrected chi connectivity index (χ1v) is 4.20. The number of benzene rings is 1. The third-order valence-corrected chi connectivity index (χ3v) is 2.00. The molecule has 0 bridgehead atoms. The molecule has 0 atom stereocenters. The van der Waals surface area contributed by atoms with Gasteiger partial charge in [-0.3, -0.25) is 10.1 Å². The molecule has 0 saturated heterocycles. The maximum absolute atomic E-state index is 13.1. The molecule has 8 heteroatoms. The molecule has 16 heavy (non-hydrogen) atoms. The van der Waals surface area contributed by atoms with Crippen molar-refractivity contribution >= 4 is 23.3 Å². The van der Waals surface area contributed by atoms with Crippen molar-refractivity contribution < 1.29 is 23.6 Å². The summed E-state index contributed by atoms with van der Waals surface area (Å²) in [6.45, 7) is 0. The van der Waals surface area contributed by atoms with E-state index in [0.29, 0.717) is 6.07 Å². The van der Waals surface area contributed by atoms with Crippen molar-refractivity contribution in [1.82, 2.24) is 0 Å². The molecule has 0 aliphatic carbocycles. The van der Waals surface area contributed by atoms with Crippen LogP contribution in [0.2, 0.25) is 5.02 Å². The Kier molecular flexibility index (Phi) is 3.09. The van der Waals surface area contributed by atoms with E-state index in [-0.39, 0.29) is 5.02 Å². The second-order valence-corrected chi connectivity index (χ2v) is 3.23. The third kappa shape index (κ3) is 2.08. The molecule has 1 aromatic carbocycles. The summed E-state index contributed by atoms with van der Waals surface area (Å²) in [7, 11) is 0. The van der Waals surface area contributed by atoms with Crippen LogP contribution in [0.1, 0.15) is 5.56 Å². The molecule has 0 saturated carbocycles. The van der Waals surface area contributed by atoms with Crippen molar-refractivity contribution in [1.29, 1.82) is 0 Å². The summed E-state index contributed by atoms with van der Waals surface area (Å²) in [4.78, 5) is 19.6. The van der Waals surface area contributed by atoms with Crippen molar-refractivity contribution in [3.63, 3.8) is 0 Å². The van der Waals surface area contributed by atoms with Gasteiger partial charge in [-0.15, -0.1) is 0 Å². The molecular formula is C8H4ClF2NO4. The smallest absolute Gasteiger partial charge is 0.379 e. The number of alkyl halides is 2. The minimum Gasteiger partial charge on any atom is -0.477 e. The third-order valence-electron chi connectivity index (χ3n) is 1.76. The van der Waals surface area contributed by atoms with E-state index in [4.69, 9.17) is 16.7 Å². The van der Waals surface area contributed by atoms with Crippen molar-refractivity contribution in [2.45, 2.75) is 5.92 Å². The van der Waals surface area contributed by atoms with Crippen molar-refractivity contribution in [3.05, 3.63) is 38.9 Å². The lowest BCUT2D eigenvalue weighted by Crippen LogP contribution is -2.26. The SMILES string of the molecule is O=C(O)C(F)(F)c1cc(Cl)ccc1[N+](=O)[O-]. The Bertz CT molecular complexity index is 463. The number of hydrogen-bond acceptors (Lipinski definition) is 3. The molecule has 0 fully saturated rings. The Morgan fingerprint density at radius 2 is 2.06 bits per heavy atom. The number of nitro benzene ring substituents is 1. The molecule has 0 unspecified atom stereocenters. The number of halogens is 3. The molecule has 1 aromatic rings. The molecule has 0 aliphatic heterocycles. The van der Waals surface area contributed by atoms with Crippen molar-refractivity contribution in [2.24, 2.45) is 0 Å². The zero-order valence-electron chi connectivity index (χ0n) is 7.49. The fraction of sp³-hybridized carbons (Fsp3) is 0.125. The van der Waals surface area contributed by atoms with Crippen LogP contribution in [-0.4, -0.2) is 16.0 Å². The number of hydrogen-bond donors (Lipinski definition) is 1. The predicted octanol–water partition coefficient (Wildman–Crippen LogP) is 2.42. The zero-order valence-corrected chi connectivity index (χ0v) is 8.24. The molecule has 86 valence electrons. The summed E-state index contributed by atoms with van der Waals surface area (Å²) in [5.41, 5.74) is -2.23. The van der Waals surface area contributed by atoms with Crippen LogP contribution in [0, 0.1) is 10.1 Å². The largest absolute Gasteiger partial charge is 0.477 e. The number of carboxylic acid groups (broad SMARTS) is 1. The number of aliphatic carboxylic acids is 1. The van der Waals surface area contributed by atoms with Crippen LogP contribution in [0.25, 0.3) is 0 Å². The van der Waals surface area contributed by atoms with Crippen LogP contribution in [0.5, 0.6) is 0 Å². The van der Waals surface area contributed by atoms with Gasteiger partial charge in [-0.25, -0.2) is 4.79 Å². The summed E-state index contributed by atoms with van der Waals surface area (Å²) in [5, 5.41) is 18.5. The topological polar surface area (TPSA) is 80.4 Å². The highest BCUT2D eigenvalue weighted by molar-refractivity contribution is 6.30. The number of carbonyl (C=O) groups is 1. The van der Waals surface area contributed by atoms with Crippen molar-refractivity contribution in [2.75, 3.05) is 0 Å². The molecule has 0 radical (unpaired) electrons. The molecular weight excluding hydrogens is 248 g/mol. The lowest BCUT2D eigenvalue weighted by molar-refractivity contribution is -0.386. The molecule has 1 N–H and O–H groups in total. The minimum atomic E-state index is -4.35. The van der Waals surface area contributed by atoms with E-state index in [9.17, 15) is 23.7 Å². The number of rotatable bonds is 3. The van der Waals surface area contributed by atoms with Crippen LogP contribution in [-0.2, 0) is 10.7 Å². The Morgan fingerprint density at radius 3 is 2.50 bits per heavy atom. The highest BCUT2D eigenvalue weighted by atomic mass is 35.5. The fourth-order valence-corrected chi connectivity index (χ4v) is 1.21. The Morgan fingerprint density at radius 1 is 1.50 bits per heavy atom. The number of nitrogens with zero attached hydrogens (tertiary/aromatic N) is 1. The van der Waals surface area contributed by atoms with E-state index in [1.165, 1.54) is 0 Å². The summed E-state index contributed by atoms with van der Waals surface area (Å²) in [6, 6.07) is 2.32. The van der Waals surface area contributed by atoms with E-state index in [1.807, 2.05) is 0 Å². The van der Waals surface area contributed by atoms with Gasteiger partial charge >= 0.3 is 11.9 Å². The average molecular weight is 252 g/mol. The fourth-order valence-electron chi connectivity index (χ4n) is 1.03. The molecule has 1 rings (SSSR count). The first-order valence-electron chi connectivity index (χ1n) is 3.82. The van der Waals surface area contributed by atoms with Gasteiger partial charge in [0.25, 0.3) is 5.69 Å². The molecule has 0 spiro atoms. The molecule has 0 aliphatic rings. The van der Waals surface area contributed by atoms with E-state index < -0.39 is 28.1 Å².